The van der Waals surface area contributed by atoms with E-state index in [2.05, 4.69) is 13.8 Å². The molecule has 1 unspecified atom stereocenters. The molecule has 3 heteroatoms. The summed E-state index contributed by atoms with van der Waals surface area (Å²) in [5.41, 5.74) is 0.130. The van der Waals surface area contributed by atoms with Gasteiger partial charge in [0.1, 0.15) is 11.4 Å². The molecule has 1 aliphatic rings. The first-order chi connectivity index (χ1) is 9.40. The zero-order chi connectivity index (χ0) is 14.4. The molecule has 0 aliphatic heterocycles. The van der Waals surface area contributed by atoms with Crippen molar-refractivity contribution in [3.05, 3.63) is 35.0 Å². The van der Waals surface area contributed by atoms with Gasteiger partial charge in [-0.2, -0.15) is 0 Å². The third-order valence-electron chi connectivity index (χ3n) is 4.61. The molecule has 0 amide bonds. The smallest absolute Gasteiger partial charge is 0.153 e. The standard InChI is InChI=1S/C17H21ClO2/c1-16(2)7-4-8-17(19,10-9-16)14-11-12-5-3-6-13(18)15(12)20-14/h3,5-6,11,19H,4,7-10H2,1-2H3. The maximum atomic E-state index is 11.0. The first-order valence-electron chi connectivity index (χ1n) is 7.31. The molecule has 0 radical (unpaired) electrons. The fourth-order valence-corrected chi connectivity index (χ4v) is 3.38. The van der Waals surface area contributed by atoms with E-state index < -0.39 is 5.60 Å². The molecule has 1 heterocycles. The van der Waals surface area contributed by atoms with Gasteiger partial charge in [-0.05, 0) is 49.7 Å². The van der Waals surface area contributed by atoms with Crippen molar-refractivity contribution < 1.29 is 9.52 Å². The Bertz CT molecular complexity index is 629. The molecule has 1 aromatic heterocycles. The van der Waals surface area contributed by atoms with Gasteiger partial charge in [-0.25, -0.2) is 0 Å². The number of hydrogen-bond donors (Lipinski definition) is 1. The van der Waals surface area contributed by atoms with Gasteiger partial charge in [0.2, 0.25) is 0 Å². The number of para-hydroxylation sites is 1. The Morgan fingerprint density at radius 2 is 1.95 bits per heavy atom. The van der Waals surface area contributed by atoms with Crippen LogP contribution >= 0.6 is 11.6 Å². The van der Waals surface area contributed by atoms with Crippen LogP contribution < -0.4 is 0 Å². The second kappa shape index (κ2) is 4.78. The summed E-state index contributed by atoms with van der Waals surface area (Å²) >= 11 is 6.16. The lowest BCUT2D eigenvalue weighted by Gasteiger charge is -2.25. The third kappa shape index (κ3) is 2.47. The minimum atomic E-state index is -0.851. The van der Waals surface area contributed by atoms with Crippen molar-refractivity contribution in [2.24, 2.45) is 5.41 Å². The average Bonchev–Trinajstić information content (AvgIpc) is 2.77. The van der Waals surface area contributed by atoms with E-state index in [4.69, 9.17) is 16.0 Å². The van der Waals surface area contributed by atoms with Crippen LogP contribution in [0.2, 0.25) is 5.02 Å². The number of rotatable bonds is 1. The Morgan fingerprint density at radius 3 is 2.70 bits per heavy atom. The zero-order valence-corrected chi connectivity index (χ0v) is 12.8. The first-order valence-corrected chi connectivity index (χ1v) is 7.68. The predicted molar refractivity (Wildman–Crippen MR) is 82.0 cm³/mol. The monoisotopic (exact) mass is 292 g/mol. The van der Waals surface area contributed by atoms with Crippen LogP contribution in [0.5, 0.6) is 0 Å². The Balaban J connectivity index is 1.99. The van der Waals surface area contributed by atoms with Crippen LogP contribution in [0.1, 0.15) is 51.7 Å². The molecule has 1 saturated carbocycles. The zero-order valence-electron chi connectivity index (χ0n) is 12.1. The van der Waals surface area contributed by atoms with Crippen LogP contribution in [-0.4, -0.2) is 5.11 Å². The van der Waals surface area contributed by atoms with Gasteiger partial charge < -0.3 is 9.52 Å². The highest BCUT2D eigenvalue weighted by Crippen LogP contribution is 2.44. The average molecular weight is 293 g/mol. The van der Waals surface area contributed by atoms with Gasteiger partial charge in [-0.15, -0.1) is 0 Å². The van der Waals surface area contributed by atoms with Gasteiger partial charge in [0.05, 0.1) is 5.02 Å². The van der Waals surface area contributed by atoms with E-state index in [0.717, 1.165) is 37.5 Å². The van der Waals surface area contributed by atoms with Crippen molar-refractivity contribution in [1.29, 1.82) is 0 Å². The molecule has 0 bridgehead atoms. The van der Waals surface area contributed by atoms with Gasteiger partial charge in [0.15, 0.2) is 5.58 Å². The summed E-state index contributed by atoms with van der Waals surface area (Å²) in [6.45, 7) is 4.54. The predicted octanol–water partition coefficient (Wildman–Crippen LogP) is 5.26. The molecule has 1 atom stereocenters. The molecular weight excluding hydrogens is 272 g/mol. The van der Waals surface area contributed by atoms with Crippen molar-refractivity contribution >= 4 is 22.6 Å². The Hall–Kier alpha value is -0.990. The van der Waals surface area contributed by atoms with Crippen LogP contribution in [0.15, 0.2) is 28.7 Å². The molecular formula is C17H21ClO2. The molecule has 1 fully saturated rings. The highest BCUT2D eigenvalue weighted by atomic mass is 35.5. The fourth-order valence-electron chi connectivity index (χ4n) is 3.16. The van der Waals surface area contributed by atoms with Gasteiger partial charge >= 0.3 is 0 Å². The minimum Gasteiger partial charge on any atom is -0.456 e. The van der Waals surface area contributed by atoms with Crippen molar-refractivity contribution in [1.82, 2.24) is 0 Å². The van der Waals surface area contributed by atoms with Crippen LogP contribution in [0, 0.1) is 5.41 Å². The van der Waals surface area contributed by atoms with Gasteiger partial charge in [-0.3, -0.25) is 0 Å². The first kappa shape index (κ1) is 14.0. The number of benzene rings is 1. The van der Waals surface area contributed by atoms with Crippen LogP contribution in [-0.2, 0) is 5.60 Å². The topological polar surface area (TPSA) is 33.4 Å². The number of hydrogen-bond acceptors (Lipinski definition) is 2. The SMILES string of the molecule is CC1(C)CCCC(O)(c2cc3cccc(Cl)c3o2)CC1. The number of fused-ring (bicyclic) bond motifs is 1. The summed E-state index contributed by atoms with van der Waals surface area (Å²) in [6.07, 6.45) is 4.68. The molecule has 3 rings (SSSR count). The largest absolute Gasteiger partial charge is 0.456 e. The molecule has 0 saturated heterocycles. The molecule has 2 aromatic rings. The van der Waals surface area contributed by atoms with Crippen molar-refractivity contribution in [3.8, 4) is 0 Å². The van der Waals surface area contributed by atoms with Crippen molar-refractivity contribution in [3.63, 3.8) is 0 Å². The van der Waals surface area contributed by atoms with Crippen LogP contribution in [0.4, 0.5) is 0 Å². The van der Waals surface area contributed by atoms with Crippen molar-refractivity contribution in [2.45, 2.75) is 51.6 Å². The summed E-state index contributed by atoms with van der Waals surface area (Å²) in [6, 6.07) is 7.64. The molecule has 2 nitrogen and oxygen atoms in total. The number of furan rings is 1. The second-order valence-electron chi connectivity index (χ2n) is 6.82. The maximum Gasteiger partial charge on any atom is 0.153 e. The molecule has 1 N–H and O–H groups in total. The highest BCUT2D eigenvalue weighted by molar-refractivity contribution is 6.34. The molecule has 108 valence electrons. The normalized spacial score (nSPS) is 26.6. The van der Waals surface area contributed by atoms with Gasteiger partial charge in [-0.1, -0.05) is 37.6 Å². The Labute approximate surface area is 124 Å². The van der Waals surface area contributed by atoms with E-state index >= 15 is 0 Å². The summed E-state index contributed by atoms with van der Waals surface area (Å²) in [7, 11) is 0. The molecule has 0 spiro atoms. The van der Waals surface area contributed by atoms with Crippen LogP contribution in [0.3, 0.4) is 0 Å². The fraction of sp³-hybridized carbons (Fsp3) is 0.529. The van der Waals surface area contributed by atoms with Gasteiger partial charge in [0, 0.05) is 5.39 Å². The lowest BCUT2D eigenvalue weighted by molar-refractivity contribution is -0.00121. The van der Waals surface area contributed by atoms with Crippen molar-refractivity contribution in [2.75, 3.05) is 0 Å². The third-order valence-corrected chi connectivity index (χ3v) is 4.91. The number of halogens is 1. The number of aliphatic hydroxyl groups is 1. The lowest BCUT2D eigenvalue weighted by atomic mass is 9.84. The summed E-state index contributed by atoms with van der Waals surface area (Å²) in [5, 5.41) is 12.6. The summed E-state index contributed by atoms with van der Waals surface area (Å²) < 4.78 is 5.88. The second-order valence-corrected chi connectivity index (χ2v) is 7.23. The quantitative estimate of drug-likeness (QED) is 0.727. The van der Waals surface area contributed by atoms with E-state index in [9.17, 15) is 5.11 Å². The molecule has 1 aliphatic carbocycles. The minimum absolute atomic E-state index is 0.300. The van der Waals surface area contributed by atoms with E-state index in [1.165, 1.54) is 0 Å². The molecule has 20 heavy (non-hydrogen) atoms. The summed E-state index contributed by atoms with van der Waals surface area (Å²) in [5.74, 6) is 0.665. The molecule has 1 aromatic carbocycles. The lowest BCUT2D eigenvalue weighted by Crippen LogP contribution is -2.24. The highest BCUT2D eigenvalue weighted by Gasteiger charge is 2.37. The summed E-state index contributed by atoms with van der Waals surface area (Å²) in [4.78, 5) is 0. The Morgan fingerprint density at radius 1 is 1.15 bits per heavy atom. The van der Waals surface area contributed by atoms with E-state index in [1.807, 2.05) is 24.3 Å². The maximum absolute atomic E-state index is 11.0. The van der Waals surface area contributed by atoms with E-state index in [0.29, 0.717) is 21.8 Å². The Kier molecular flexibility index (Phi) is 3.34. The van der Waals surface area contributed by atoms with E-state index in [-0.39, 0.29) is 0 Å². The van der Waals surface area contributed by atoms with Gasteiger partial charge in [0.25, 0.3) is 0 Å². The van der Waals surface area contributed by atoms with E-state index in [1.54, 1.807) is 0 Å². The van der Waals surface area contributed by atoms with Crippen LogP contribution in [0.25, 0.3) is 11.0 Å².